The zero-order chi connectivity index (χ0) is 15.2. The summed E-state index contributed by atoms with van der Waals surface area (Å²) in [5.74, 6) is -0.00128. The number of nitrogens with zero attached hydrogens (tertiary/aromatic N) is 5. The molecule has 0 aliphatic carbocycles. The maximum Gasteiger partial charge on any atom is 0.360 e. The van der Waals surface area contributed by atoms with E-state index in [-0.39, 0.29) is 0 Å². The van der Waals surface area contributed by atoms with Gasteiger partial charge in [0.2, 0.25) is 0 Å². The molecule has 2 aromatic rings. The molecule has 0 radical (unpaired) electrons. The topological polar surface area (TPSA) is 74.8 Å². The predicted octanol–water partition coefficient (Wildman–Crippen LogP) is 1.55. The molecule has 2 rings (SSSR count). The van der Waals surface area contributed by atoms with Gasteiger partial charge < -0.3 is 4.74 Å². The highest BCUT2D eigenvalue weighted by molar-refractivity contribution is 5.88. The van der Waals surface area contributed by atoms with Crippen LogP contribution in [0.15, 0.2) is 18.5 Å². The summed E-state index contributed by atoms with van der Waals surface area (Å²) in [7, 11) is 0. The van der Waals surface area contributed by atoms with E-state index in [0.717, 1.165) is 12.1 Å². The van der Waals surface area contributed by atoms with E-state index in [1.807, 2.05) is 16.9 Å². The molecule has 0 aliphatic rings. The molecule has 0 aliphatic heterocycles. The monoisotopic (exact) mass is 291 g/mol. The maximum atomic E-state index is 11.9. The summed E-state index contributed by atoms with van der Waals surface area (Å²) in [5, 5.41) is 12.2. The number of carbonyl (C=O) groups is 1. The van der Waals surface area contributed by atoms with Crippen molar-refractivity contribution in [3.8, 4) is 0 Å². The predicted molar refractivity (Wildman–Crippen MR) is 76.7 cm³/mol. The van der Waals surface area contributed by atoms with Crippen molar-refractivity contribution >= 4 is 5.97 Å². The smallest absolute Gasteiger partial charge is 0.360 e. The second kappa shape index (κ2) is 7.01. The van der Waals surface area contributed by atoms with Gasteiger partial charge in [0, 0.05) is 12.4 Å². The molecule has 0 saturated heterocycles. The average Bonchev–Trinajstić information content (AvgIpc) is 3.05. The van der Waals surface area contributed by atoms with Crippen molar-refractivity contribution in [2.75, 3.05) is 6.61 Å². The number of hydrogen-bond donors (Lipinski definition) is 0. The third kappa shape index (κ3) is 3.90. The molecule has 0 bridgehead atoms. The zero-order valence-corrected chi connectivity index (χ0v) is 12.7. The zero-order valence-electron chi connectivity index (χ0n) is 12.7. The molecule has 0 spiro atoms. The number of rotatable bonds is 7. The van der Waals surface area contributed by atoms with Gasteiger partial charge >= 0.3 is 5.97 Å². The van der Waals surface area contributed by atoms with Crippen LogP contribution in [0, 0.1) is 5.92 Å². The van der Waals surface area contributed by atoms with Crippen molar-refractivity contribution in [1.82, 2.24) is 24.8 Å². The van der Waals surface area contributed by atoms with Crippen LogP contribution in [0.2, 0.25) is 0 Å². The van der Waals surface area contributed by atoms with Crippen molar-refractivity contribution in [3.05, 3.63) is 29.8 Å². The fourth-order valence-electron chi connectivity index (χ4n) is 2.09. The minimum Gasteiger partial charge on any atom is -0.461 e. The molecule has 21 heavy (non-hydrogen) atoms. The van der Waals surface area contributed by atoms with Crippen molar-refractivity contribution in [3.63, 3.8) is 0 Å². The SMILES string of the molecule is CCOC(=O)c1nnn(CCn2cccn2)c1CC(C)C. The van der Waals surface area contributed by atoms with E-state index in [4.69, 9.17) is 4.74 Å². The van der Waals surface area contributed by atoms with E-state index in [1.54, 1.807) is 17.8 Å². The van der Waals surface area contributed by atoms with Gasteiger partial charge in [0.15, 0.2) is 5.69 Å². The van der Waals surface area contributed by atoms with Gasteiger partial charge in [-0.15, -0.1) is 5.10 Å². The van der Waals surface area contributed by atoms with Crippen molar-refractivity contribution in [2.45, 2.75) is 40.3 Å². The fourth-order valence-corrected chi connectivity index (χ4v) is 2.09. The average molecular weight is 291 g/mol. The Morgan fingerprint density at radius 3 is 2.81 bits per heavy atom. The Morgan fingerprint density at radius 1 is 1.38 bits per heavy atom. The first kappa shape index (κ1) is 15.2. The van der Waals surface area contributed by atoms with Crippen LogP contribution in [-0.4, -0.2) is 37.4 Å². The lowest BCUT2D eigenvalue weighted by Gasteiger charge is -2.10. The Morgan fingerprint density at radius 2 is 2.19 bits per heavy atom. The maximum absolute atomic E-state index is 11.9. The van der Waals surface area contributed by atoms with Crippen LogP contribution in [0.4, 0.5) is 0 Å². The first-order valence-electron chi connectivity index (χ1n) is 7.18. The van der Waals surface area contributed by atoms with Gasteiger partial charge in [-0.25, -0.2) is 9.48 Å². The Bertz CT molecular complexity index is 574. The lowest BCUT2D eigenvalue weighted by atomic mass is 10.1. The number of carbonyl (C=O) groups excluding carboxylic acids is 1. The van der Waals surface area contributed by atoms with Gasteiger partial charge in [-0.2, -0.15) is 5.10 Å². The molecule has 0 N–H and O–H groups in total. The van der Waals surface area contributed by atoms with Gasteiger partial charge in [0.25, 0.3) is 0 Å². The lowest BCUT2D eigenvalue weighted by Crippen LogP contribution is -2.15. The number of aromatic nitrogens is 5. The van der Waals surface area contributed by atoms with E-state index in [9.17, 15) is 4.79 Å². The molecular formula is C14H21N5O2. The normalized spacial score (nSPS) is 11.0. The molecule has 0 aromatic carbocycles. The number of hydrogen-bond acceptors (Lipinski definition) is 5. The summed E-state index contributed by atoms with van der Waals surface area (Å²) in [6.07, 6.45) is 4.37. The van der Waals surface area contributed by atoms with Crippen LogP contribution in [0.3, 0.4) is 0 Å². The molecular weight excluding hydrogens is 270 g/mol. The Balaban J connectivity index is 2.17. The third-order valence-corrected chi connectivity index (χ3v) is 3.01. The highest BCUT2D eigenvalue weighted by Crippen LogP contribution is 2.13. The van der Waals surface area contributed by atoms with Crippen LogP contribution in [0.5, 0.6) is 0 Å². The Kier molecular flexibility index (Phi) is 5.08. The summed E-state index contributed by atoms with van der Waals surface area (Å²) in [6, 6.07) is 1.88. The highest BCUT2D eigenvalue weighted by Gasteiger charge is 2.21. The van der Waals surface area contributed by atoms with Crippen molar-refractivity contribution in [2.24, 2.45) is 5.92 Å². The largest absolute Gasteiger partial charge is 0.461 e. The molecule has 2 aromatic heterocycles. The molecule has 2 heterocycles. The Hall–Kier alpha value is -2.18. The van der Waals surface area contributed by atoms with Crippen LogP contribution in [-0.2, 0) is 24.2 Å². The minimum atomic E-state index is -0.404. The summed E-state index contributed by atoms with van der Waals surface area (Å²) in [5.41, 5.74) is 1.15. The fraction of sp³-hybridized carbons (Fsp3) is 0.571. The van der Waals surface area contributed by atoms with Crippen LogP contribution in [0.25, 0.3) is 0 Å². The van der Waals surface area contributed by atoms with E-state index in [1.165, 1.54) is 0 Å². The van der Waals surface area contributed by atoms with E-state index in [0.29, 0.717) is 31.3 Å². The summed E-state index contributed by atoms with van der Waals surface area (Å²) < 4.78 is 8.64. The van der Waals surface area contributed by atoms with Crippen LogP contribution in [0.1, 0.15) is 37.0 Å². The summed E-state index contributed by atoms with van der Waals surface area (Å²) in [4.78, 5) is 11.9. The van der Waals surface area contributed by atoms with E-state index >= 15 is 0 Å². The highest BCUT2D eigenvalue weighted by atomic mass is 16.5. The third-order valence-electron chi connectivity index (χ3n) is 3.01. The van der Waals surface area contributed by atoms with Crippen molar-refractivity contribution < 1.29 is 9.53 Å². The number of aryl methyl sites for hydroxylation is 2. The molecule has 0 atom stereocenters. The molecule has 7 heteroatoms. The van der Waals surface area contributed by atoms with Crippen LogP contribution >= 0.6 is 0 Å². The van der Waals surface area contributed by atoms with Gasteiger partial charge in [-0.05, 0) is 25.3 Å². The minimum absolute atomic E-state index is 0.325. The molecule has 114 valence electrons. The second-order valence-electron chi connectivity index (χ2n) is 5.20. The number of esters is 1. The standard InChI is InChI=1S/C14H21N5O2/c1-4-21-14(20)13-12(10-11(2)3)19(17-16-13)9-8-18-7-5-6-15-18/h5-7,11H,4,8-10H2,1-3H3. The Labute approximate surface area is 123 Å². The van der Waals surface area contributed by atoms with Gasteiger partial charge in [0.05, 0.1) is 25.4 Å². The van der Waals surface area contributed by atoms with Gasteiger partial charge in [-0.3, -0.25) is 4.68 Å². The van der Waals surface area contributed by atoms with E-state index < -0.39 is 5.97 Å². The van der Waals surface area contributed by atoms with Gasteiger partial charge in [0.1, 0.15) is 0 Å². The number of ether oxygens (including phenoxy) is 1. The molecule has 7 nitrogen and oxygen atoms in total. The molecule has 0 unspecified atom stereocenters. The lowest BCUT2D eigenvalue weighted by molar-refractivity contribution is 0.0517. The quantitative estimate of drug-likeness (QED) is 0.723. The van der Waals surface area contributed by atoms with Crippen LogP contribution < -0.4 is 0 Å². The molecule has 0 saturated carbocycles. The van der Waals surface area contributed by atoms with Crippen molar-refractivity contribution in [1.29, 1.82) is 0 Å². The summed E-state index contributed by atoms with van der Waals surface area (Å²) >= 11 is 0. The van der Waals surface area contributed by atoms with E-state index in [2.05, 4.69) is 29.3 Å². The van der Waals surface area contributed by atoms with Gasteiger partial charge in [-0.1, -0.05) is 19.1 Å². The second-order valence-corrected chi connectivity index (χ2v) is 5.20. The molecule has 0 amide bonds. The summed E-state index contributed by atoms with van der Waals surface area (Å²) in [6.45, 7) is 7.61. The first-order chi connectivity index (χ1) is 10.1. The molecule has 0 fully saturated rings. The first-order valence-corrected chi connectivity index (χ1v) is 7.18.